The lowest BCUT2D eigenvalue weighted by Gasteiger charge is -2.25. The van der Waals surface area contributed by atoms with Crippen molar-refractivity contribution in [2.75, 3.05) is 5.75 Å². The second kappa shape index (κ2) is 6.42. The molecule has 0 radical (unpaired) electrons. The predicted octanol–water partition coefficient (Wildman–Crippen LogP) is 4.81. The van der Waals surface area contributed by atoms with Gasteiger partial charge >= 0.3 is 0 Å². The van der Waals surface area contributed by atoms with Gasteiger partial charge in [0.25, 0.3) is 0 Å². The zero-order chi connectivity index (χ0) is 13.0. The van der Waals surface area contributed by atoms with E-state index in [0.717, 1.165) is 30.1 Å². The lowest BCUT2D eigenvalue weighted by Crippen LogP contribution is -2.20. The summed E-state index contributed by atoms with van der Waals surface area (Å²) in [6.07, 6.45) is 4.57. The van der Waals surface area contributed by atoms with Crippen molar-refractivity contribution in [2.24, 2.45) is 11.8 Å². The molecule has 0 aliphatic heterocycles. The summed E-state index contributed by atoms with van der Waals surface area (Å²) in [5.74, 6) is 2.51. The first-order valence-corrected chi connectivity index (χ1v) is 7.96. The van der Waals surface area contributed by atoms with Gasteiger partial charge in [-0.1, -0.05) is 38.8 Å². The van der Waals surface area contributed by atoms with E-state index >= 15 is 0 Å². The topological polar surface area (TPSA) is 17.1 Å². The van der Waals surface area contributed by atoms with Crippen molar-refractivity contribution in [3.8, 4) is 0 Å². The molecule has 0 aromatic heterocycles. The highest BCUT2D eigenvalue weighted by Crippen LogP contribution is 2.31. The summed E-state index contributed by atoms with van der Waals surface area (Å²) >= 11 is 1.82. The van der Waals surface area contributed by atoms with Crippen LogP contribution in [0.2, 0.25) is 0 Å². The summed E-state index contributed by atoms with van der Waals surface area (Å²) in [4.78, 5) is 13.6. The van der Waals surface area contributed by atoms with Crippen LogP contribution in [0.1, 0.15) is 49.9 Å². The Morgan fingerprint density at radius 3 is 2.33 bits per heavy atom. The second-order valence-corrected chi connectivity index (χ2v) is 6.62. The van der Waals surface area contributed by atoms with Gasteiger partial charge in [0.1, 0.15) is 0 Å². The molecule has 0 bridgehead atoms. The van der Waals surface area contributed by atoms with Crippen LogP contribution >= 0.6 is 11.8 Å². The lowest BCUT2D eigenvalue weighted by atomic mass is 9.79. The van der Waals surface area contributed by atoms with E-state index in [2.05, 4.69) is 26.0 Å². The van der Waals surface area contributed by atoms with Crippen LogP contribution in [0.4, 0.5) is 0 Å². The van der Waals surface area contributed by atoms with Crippen LogP contribution in [-0.4, -0.2) is 11.5 Å². The third-order valence-electron chi connectivity index (χ3n) is 3.84. The minimum Gasteiger partial charge on any atom is -0.294 e. The minimum absolute atomic E-state index is 0.269. The third kappa shape index (κ3) is 3.38. The van der Waals surface area contributed by atoms with Crippen molar-refractivity contribution in [2.45, 2.75) is 44.4 Å². The van der Waals surface area contributed by atoms with Gasteiger partial charge in [-0.2, -0.15) is 0 Å². The summed E-state index contributed by atoms with van der Waals surface area (Å²) in [6, 6.07) is 8.15. The van der Waals surface area contributed by atoms with Crippen LogP contribution in [0.25, 0.3) is 0 Å². The first-order valence-electron chi connectivity index (χ1n) is 6.97. The van der Waals surface area contributed by atoms with Gasteiger partial charge < -0.3 is 0 Å². The van der Waals surface area contributed by atoms with Crippen LogP contribution in [0.5, 0.6) is 0 Å². The van der Waals surface area contributed by atoms with Gasteiger partial charge in [0.2, 0.25) is 0 Å². The Hall–Kier alpha value is -0.760. The first-order chi connectivity index (χ1) is 8.70. The summed E-state index contributed by atoms with van der Waals surface area (Å²) in [5.41, 5.74) is 0.898. The molecule has 0 unspecified atom stereocenters. The summed E-state index contributed by atoms with van der Waals surface area (Å²) in [5, 5.41) is 0. The monoisotopic (exact) mass is 262 g/mol. The van der Waals surface area contributed by atoms with E-state index < -0.39 is 0 Å². The van der Waals surface area contributed by atoms with Gasteiger partial charge in [0.15, 0.2) is 5.78 Å². The number of rotatable bonds is 4. The number of carbonyl (C=O) groups excluding carboxylic acids is 1. The van der Waals surface area contributed by atoms with E-state index in [1.54, 1.807) is 0 Å². The number of hydrogen-bond donors (Lipinski definition) is 0. The van der Waals surface area contributed by atoms with Crippen LogP contribution in [-0.2, 0) is 0 Å². The number of thioether (sulfide) groups is 1. The van der Waals surface area contributed by atoms with Crippen molar-refractivity contribution in [3.63, 3.8) is 0 Å². The van der Waals surface area contributed by atoms with Crippen LogP contribution in [0.15, 0.2) is 29.2 Å². The number of ketones is 1. The van der Waals surface area contributed by atoms with E-state index in [1.165, 1.54) is 17.7 Å². The van der Waals surface area contributed by atoms with Gasteiger partial charge in [-0.25, -0.2) is 0 Å². The summed E-state index contributed by atoms with van der Waals surface area (Å²) in [7, 11) is 0. The van der Waals surface area contributed by atoms with Gasteiger partial charge in [-0.3, -0.25) is 4.79 Å². The van der Waals surface area contributed by atoms with E-state index in [-0.39, 0.29) is 5.92 Å². The lowest BCUT2D eigenvalue weighted by molar-refractivity contribution is 0.0875. The Morgan fingerprint density at radius 1 is 1.17 bits per heavy atom. The predicted molar refractivity (Wildman–Crippen MR) is 78.3 cm³/mol. The SMILES string of the molecule is CCSc1ccc(C(=O)C2CCC(C)CC2)cc1. The molecule has 0 amide bonds. The maximum atomic E-state index is 12.4. The Balaban J connectivity index is 2.00. The molecule has 18 heavy (non-hydrogen) atoms. The molecule has 0 atom stereocenters. The van der Waals surface area contributed by atoms with Crippen LogP contribution in [0, 0.1) is 11.8 Å². The fraction of sp³-hybridized carbons (Fsp3) is 0.562. The summed E-state index contributed by atoms with van der Waals surface area (Å²) < 4.78 is 0. The van der Waals surface area contributed by atoms with E-state index in [0.29, 0.717) is 5.78 Å². The Morgan fingerprint density at radius 2 is 1.78 bits per heavy atom. The average Bonchev–Trinajstić information content (AvgIpc) is 2.40. The molecule has 1 aromatic carbocycles. The fourth-order valence-corrected chi connectivity index (χ4v) is 3.30. The zero-order valence-corrected chi connectivity index (χ0v) is 12.1. The van der Waals surface area contributed by atoms with Crippen LogP contribution < -0.4 is 0 Å². The molecule has 2 heteroatoms. The first kappa shape index (κ1) is 13.7. The van der Waals surface area contributed by atoms with E-state index in [4.69, 9.17) is 0 Å². The Labute approximate surface area is 114 Å². The third-order valence-corrected chi connectivity index (χ3v) is 4.73. The molecular formula is C16H22OS. The molecule has 1 aliphatic carbocycles. The van der Waals surface area contributed by atoms with Crippen molar-refractivity contribution in [3.05, 3.63) is 29.8 Å². The van der Waals surface area contributed by atoms with E-state index in [9.17, 15) is 4.79 Å². The molecule has 0 heterocycles. The van der Waals surface area contributed by atoms with Gasteiger partial charge in [0, 0.05) is 16.4 Å². The van der Waals surface area contributed by atoms with Gasteiger partial charge in [0.05, 0.1) is 0 Å². The Bertz CT molecular complexity index is 388. The van der Waals surface area contributed by atoms with Gasteiger partial charge in [-0.05, 0) is 36.6 Å². The quantitative estimate of drug-likeness (QED) is 0.572. The molecule has 1 nitrogen and oxygen atoms in total. The highest BCUT2D eigenvalue weighted by molar-refractivity contribution is 7.99. The minimum atomic E-state index is 0.269. The number of Topliss-reactive ketones (excluding diaryl/α,β-unsaturated/α-hetero) is 1. The van der Waals surface area contributed by atoms with Crippen molar-refractivity contribution < 1.29 is 4.79 Å². The van der Waals surface area contributed by atoms with Gasteiger partial charge in [-0.15, -0.1) is 11.8 Å². The molecule has 1 aromatic rings. The number of carbonyl (C=O) groups is 1. The standard InChI is InChI=1S/C16H22OS/c1-3-18-15-10-8-14(9-11-15)16(17)13-6-4-12(2)5-7-13/h8-13H,3-7H2,1-2H3. The van der Waals surface area contributed by atoms with Crippen molar-refractivity contribution in [1.82, 2.24) is 0 Å². The largest absolute Gasteiger partial charge is 0.294 e. The Kier molecular flexibility index (Phi) is 4.87. The molecule has 1 aliphatic rings. The fourth-order valence-electron chi connectivity index (χ4n) is 2.64. The maximum absolute atomic E-state index is 12.4. The molecule has 0 saturated heterocycles. The molecule has 0 N–H and O–H groups in total. The molecule has 98 valence electrons. The zero-order valence-electron chi connectivity index (χ0n) is 11.3. The average molecular weight is 262 g/mol. The smallest absolute Gasteiger partial charge is 0.165 e. The van der Waals surface area contributed by atoms with Crippen LogP contribution in [0.3, 0.4) is 0 Å². The van der Waals surface area contributed by atoms with Crippen molar-refractivity contribution >= 4 is 17.5 Å². The second-order valence-electron chi connectivity index (χ2n) is 5.28. The normalized spacial score (nSPS) is 23.9. The molecule has 0 spiro atoms. The number of benzene rings is 1. The molecule has 1 fully saturated rings. The highest BCUT2D eigenvalue weighted by atomic mass is 32.2. The molecule has 2 rings (SSSR count). The number of hydrogen-bond acceptors (Lipinski definition) is 2. The highest BCUT2D eigenvalue weighted by Gasteiger charge is 2.24. The molecule has 1 saturated carbocycles. The molecular weight excluding hydrogens is 240 g/mol. The van der Waals surface area contributed by atoms with Crippen molar-refractivity contribution in [1.29, 1.82) is 0 Å². The van der Waals surface area contributed by atoms with E-state index in [1.807, 2.05) is 23.9 Å². The maximum Gasteiger partial charge on any atom is 0.165 e. The summed E-state index contributed by atoms with van der Waals surface area (Å²) in [6.45, 7) is 4.43.